The molecule has 8 heteroatoms. The summed E-state index contributed by atoms with van der Waals surface area (Å²) in [6.45, 7) is -0.291. The molecule has 0 bridgehead atoms. The van der Waals surface area contributed by atoms with Crippen LogP contribution in [-0.4, -0.2) is 15.5 Å². The summed E-state index contributed by atoms with van der Waals surface area (Å²) in [4.78, 5) is 28.5. The molecular weight excluding hydrogens is 356 g/mol. The quantitative estimate of drug-likeness (QED) is 0.772. The van der Waals surface area contributed by atoms with E-state index in [-0.39, 0.29) is 11.9 Å². The van der Waals surface area contributed by atoms with E-state index in [0.29, 0.717) is 21.2 Å². The van der Waals surface area contributed by atoms with Crippen molar-refractivity contribution in [2.75, 3.05) is 5.32 Å². The van der Waals surface area contributed by atoms with E-state index in [1.807, 2.05) is 0 Å². The number of carbonyl (C=O) groups excluding carboxylic acids is 1. The Labute approximate surface area is 145 Å². The van der Waals surface area contributed by atoms with E-state index in [1.165, 1.54) is 24.5 Å². The highest BCUT2D eigenvalue weighted by Gasteiger charge is 2.11. The topological polar surface area (TPSA) is 64.0 Å². The van der Waals surface area contributed by atoms with Crippen LogP contribution in [0.25, 0.3) is 10.9 Å². The van der Waals surface area contributed by atoms with Gasteiger partial charge in [0.05, 0.1) is 27.9 Å². The highest BCUT2D eigenvalue weighted by atomic mass is 35.5. The Balaban J connectivity index is 1.87. The first-order valence-corrected chi connectivity index (χ1v) is 7.59. The third-order valence-corrected chi connectivity index (χ3v) is 3.87. The molecule has 1 heterocycles. The van der Waals surface area contributed by atoms with Crippen molar-refractivity contribution in [3.63, 3.8) is 0 Å². The fourth-order valence-corrected chi connectivity index (χ4v) is 2.52. The number of carbonyl (C=O) groups is 1. The van der Waals surface area contributed by atoms with Crippen molar-refractivity contribution >= 4 is 45.7 Å². The van der Waals surface area contributed by atoms with Gasteiger partial charge in [-0.05, 0) is 36.4 Å². The predicted molar refractivity (Wildman–Crippen MR) is 91.1 cm³/mol. The summed E-state index contributed by atoms with van der Waals surface area (Å²) in [6, 6.07) is 8.35. The zero-order valence-corrected chi connectivity index (χ0v) is 13.6. The molecule has 0 fully saturated rings. The lowest BCUT2D eigenvalue weighted by Gasteiger charge is -2.09. The van der Waals surface area contributed by atoms with Crippen molar-refractivity contribution in [3.8, 4) is 0 Å². The second-order valence-corrected chi connectivity index (χ2v) is 5.86. The number of fused-ring (bicyclic) bond motifs is 1. The summed E-state index contributed by atoms with van der Waals surface area (Å²) < 4.78 is 14.4. The van der Waals surface area contributed by atoms with E-state index in [0.717, 1.165) is 10.6 Å². The Morgan fingerprint density at radius 2 is 2.00 bits per heavy atom. The van der Waals surface area contributed by atoms with Crippen molar-refractivity contribution < 1.29 is 9.18 Å². The van der Waals surface area contributed by atoms with Crippen LogP contribution < -0.4 is 10.9 Å². The van der Waals surface area contributed by atoms with Gasteiger partial charge in [-0.3, -0.25) is 14.2 Å². The number of benzene rings is 2. The predicted octanol–water partition coefficient (Wildman–Crippen LogP) is 3.48. The van der Waals surface area contributed by atoms with E-state index in [2.05, 4.69) is 10.3 Å². The third kappa shape index (κ3) is 3.39. The van der Waals surface area contributed by atoms with Gasteiger partial charge >= 0.3 is 0 Å². The van der Waals surface area contributed by atoms with Gasteiger partial charge in [0.2, 0.25) is 5.91 Å². The first kappa shape index (κ1) is 16.4. The normalized spacial score (nSPS) is 10.8. The standard InChI is InChI=1S/C16H10Cl2FN3O2/c17-9-1-3-12(18)14(5-9)21-15(23)7-22-8-20-13-4-2-10(19)6-11(13)16(22)24/h1-6,8H,7H2,(H,21,23). The van der Waals surface area contributed by atoms with Crippen molar-refractivity contribution in [1.29, 1.82) is 0 Å². The largest absolute Gasteiger partial charge is 0.323 e. The molecule has 1 aromatic heterocycles. The van der Waals surface area contributed by atoms with Crippen LogP contribution in [0.4, 0.5) is 10.1 Å². The highest BCUT2D eigenvalue weighted by molar-refractivity contribution is 6.35. The molecule has 0 radical (unpaired) electrons. The molecule has 122 valence electrons. The van der Waals surface area contributed by atoms with Gasteiger partial charge in [0.25, 0.3) is 5.56 Å². The van der Waals surface area contributed by atoms with E-state index in [1.54, 1.807) is 12.1 Å². The maximum atomic E-state index is 13.3. The van der Waals surface area contributed by atoms with Gasteiger partial charge in [-0.25, -0.2) is 9.37 Å². The first-order valence-electron chi connectivity index (χ1n) is 6.83. The van der Waals surface area contributed by atoms with Crippen LogP contribution in [-0.2, 0) is 11.3 Å². The number of aromatic nitrogens is 2. The van der Waals surface area contributed by atoms with Crippen LogP contribution in [0.1, 0.15) is 0 Å². The van der Waals surface area contributed by atoms with Gasteiger partial charge in [0, 0.05) is 5.02 Å². The molecule has 5 nitrogen and oxygen atoms in total. The molecule has 0 aliphatic rings. The summed E-state index contributed by atoms with van der Waals surface area (Å²) in [7, 11) is 0. The minimum Gasteiger partial charge on any atom is -0.323 e. The maximum absolute atomic E-state index is 13.3. The van der Waals surface area contributed by atoms with Gasteiger partial charge in [-0.1, -0.05) is 23.2 Å². The van der Waals surface area contributed by atoms with Crippen molar-refractivity contribution in [2.45, 2.75) is 6.54 Å². The van der Waals surface area contributed by atoms with E-state index >= 15 is 0 Å². The Hall–Kier alpha value is -2.44. The second kappa shape index (κ2) is 6.59. The van der Waals surface area contributed by atoms with Gasteiger partial charge in [-0.15, -0.1) is 0 Å². The van der Waals surface area contributed by atoms with E-state index < -0.39 is 17.3 Å². The number of hydrogen-bond acceptors (Lipinski definition) is 3. The minimum atomic E-state index is -0.547. The highest BCUT2D eigenvalue weighted by Crippen LogP contribution is 2.25. The molecule has 0 saturated carbocycles. The molecule has 0 saturated heterocycles. The Morgan fingerprint density at radius 3 is 2.79 bits per heavy atom. The molecule has 0 aliphatic heterocycles. The lowest BCUT2D eigenvalue weighted by molar-refractivity contribution is -0.116. The summed E-state index contributed by atoms with van der Waals surface area (Å²) in [6.07, 6.45) is 1.24. The number of nitrogens with zero attached hydrogens (tertiary/aromatic N) is 2. The zero-order valence-electron chi connectivity index (χ0n) is 12.1. The van der Waals surface area contributed by atoms with Crippen molar-refractivity contribution in [2.24, 2.45) is 0 Å². The summed E-state index contributed by atoms with van der Waals surface area (Å²) in [5.74, 6) is -1.03. The number of anilines is 1. The second-order valence-electron chi connectivity index (χ2n) is 5.01. The number of hydrogen-bond donors (Lipinski definition) is 1. The smallest absolute Gasteiger partial charge is 0.261 e. The summed E-state index contributed by atoms with van der Waals surface area (Å²) >= 11 is 11.8. The summed E-state index contributed by atoms with van der Waals surface area (Å²) in [5, 5.41) is 3.40. The molecule has 2 aromatic carbocycles. The van der Waals surface area contributed by atoms with Crippen LogP contribution in [0.15, 0.2) is 47.5 Å². The Kier molecular flexibility index (Phi) is 4.51. The molecule has 0 unspecified atom stereocenters. The van der Waals surface area contributed by atoms with Gasteiger partial charge in [-0.2, -0.15) is 0 Å². The summed E-state index contributed by atoms with van der Waals surface area (Å²) in [5.41, 5.74) is 0.185. The molecular formula is C16H10Cl2FN3O2. The van der Waals surface area contributed by atoms with Gasteiger partial charge in [0.1, 0.15) is 12.4 Å². The van der Waals surface area contributed by atoms with Crippen molar-refractivity contribution in [3.05, 3.63) is 68.9 Å². The van der Waals surface area contributed by atoms with E-state index in [9.17, 15) is 14.0 Å². The van der Waals surface area contributed by atoms with E-state index in [4.69, 9.17) is 23.2 Å². The number of amides is 1. The van der Waals surface area contributed by atoms with Crippen LogP contribution in [0.2, 0.25) is 10.0 Å². The fraction of sp³-hybridized carbons (Fsp3) is 0.0625. The van der Waals surface area contributed by atoms with Crippen LogP contribution in [0.3, 0.4) is 0 Å². The van der Waals surface area contributed by atoms with Gasteiger partial charge in [0.15, 0.2) is 0 Å². The number of rotatable bonds is 3. The third-order valence-electron chi connectivity index (χ3n) is 3.30. The lowest BCUT2D eigenvalue weighted by atomic mass is 10.2. The molecule has 0 spiro atoms. The molecule has 3 aromatic rings. The minimum absolute atomic E-state index is 0.103. The fourth-order valence-electron chi connectivity index (χ4n) is 2.18. The lowest BCUT2D eigenvalue weighted by Crippen LogP contribution is -2.28. The van der Waals surface area contributed by atoms with Gasteiger partial charge < -0.3 is 5.32 Å². The molecule has 24 heavy (non-hydrogen) atoms. The van der Waals surface area contributed by atoms with Crippen molar-refractivity contribution in [1.82, 2.24) is 9.55 Å². The monoisotopic (exact) mass is 365 g/mol. The van der Waals surface area contributed by atoms with Crippen LogP contribution in [0, 0.1) is 5.82 Å². The SMILES string of the molecule is O=C(Cn1cnc2ccc(F)cc2c1=O)Nc1cc(Cl)ccc1Cl. The maximum Gasteiger partial charge on any atom is 0.261 e. The van der Waals surface area contributed by atoms with Crippen LogP contribution >= 0.6 is 23.2 Å². The Bertz CT molecular complexity index is 1000. The number of nitrogens with one attached hydrogen (secondary N) is 1. The molecule has 0 atom stereocenters. The Morgan fingerprint density at radius 1 is 1.21 bits per heavy atom. The molecule has 0 aliphatic carbocycles. The first-order chi connectivity index (χ1) is 11.4. The average molecular weight is 366 g/mol. The molecule has 1 amide bonds. The van der Waals surface area contributed by atoms with Crippen LogP contribution in [0.5, 0.6) is 0 Å². The molecule has 1 N–H and O–H groups in total. The average Bonchev–Trinajstić information content (AvgIpc) is 2.54. The number of halogens is 3. The molecule has 3 rings (SSSR count). The zero-order chi connectivity index (χ0) is 17.3.